The minimum atomic E-state index is 0.0347. The molecule has 0 radical (unpaired) electrons. The first-order chi connectivity index (χ1) is 9.47. The normalized spacial score (nSPS) is 11.8. The number of hydrogen-bond donors (Lipinski definition) is 4. The maximum absolute atomic E-state index is 11.7. The van der Waals surface area contributed by atoms with Crippen molar-refractivity contribution in [3.8, 4) is 0 Å². The van der Waals surface area contributed by atoms with Crippen molar-refractivity contribution in [1.82, 2.24) is 15.3 Å². The number of carbonyl (C=O) groups is 1. The van der Waals surface area contributed by atoms with Gasteiger partial charge in [0.2, 0.25) is 5.91 Å². The number of carbonyl (C=O) groups excluding carboxylic acids is 1. The van der Waals surface area contributed by atoms with Gasteiger partial charge in [-0.15, -0.1) is 0 Å². The third kappa shape index (κ3) is 4.65. The molecular weight excluding hydrogens is 256 g/mol. The topological polar surface area (TPSA) is 105 Å². The third-order valence-corrected chi connectivity index (χ3v) is 3.06. The zero-order chi connectivity index (χ0) is 15.1. The van der Waals surface area contributed by atoms with E-state index in [1.165, 1.54) is 0 Å². The number of amides is 1. The van der Waals surface area contributed by atoms with Crippen LogP contribution in [0.4, 0.5) is 11.6 Å². The Labute approximate surface area is 119 Å². The first-order valence-electron chi connectivity index (χ1n) is 6.83. The Morgan fingerprint density at radius 3 is 2.55 bits per heavy atom. The van der Waals surface area contributed by atoms with E-state index in [1.54, 1.807) is 6.92 Å². The van der Waals surface area contributed by atoms with E-state index in [0.29, 0.717) is 30.4 Å². The zero-order valence-electron chi connectivity index (χ0n) is 12.6. The molecule has 7 heteroatoms. The van der Waals surface area contributed by atoms with Gasteiger partial charge < -0.3 is 16.1 Å². The van der Waals surface area contributed by atoms with Gasteiger partial charge in [0.15, 0.2) is 0 Å². The Bertz CT molecular complexity index is 462. The maximum Gasteiger partial charge on any atom is 0.221 e. The molecule has 0 aromatic carbocycles. The summed E-state index contributed by atoms with van der Waals surface area (Å²) in [6, 6.07) is 0.207. The van der Waals surface area contributed by atoms with Crippen molar-refractivity contribution in [2.24, 2.45) is 5.84 Å². The van der Waals surface area contributed by atoms with Crippen LogP contribution in [0.25, 0.3) is 0 Å². The van der Waals surface area contributed by atoms with Gasteiger partial charge in [0.25, 0.3) is 0 Å². The molecule has 0 aliphatic heterocycles. The Morgan fingerprint density at radius 1 is 1.30 bits per heavy atom. The van der Waals surface area contributed by atoms with Crippen LogP contribution in [0.3, 0.4) is 0 Å². The summed E-state index contributed by atoms with van der Waals surface area (Å²) in [7, 11) is 0. The van der Waals surface area contributed by atoms with Gasteiger partial charge in [0.05, 0.1) is 0 Å². The molecule has 0 bridgehead atoms. The fourth-order valence-electron chi connectivity index (χ4n) is 1.68. The highest BCUT2D eigenvalue weighted by Crippen LogP contribution is 2.18. The summed E-state index contributed by atoms with van der Waals surface area (Å²) in [5.74, 6) is 7.34. The van der Waals surface area contributed by atoms with Gasteiger partial charge in [-0.2, -0.15) is 0 Å². The Kier molecular flexibility index (Phi) is 6.17. The number of nitrogens with zero attached hydrogens (tertiary/aromatic N) is 2. The van der Waals surface area contributed by atoms with Crippen LogP contribution in [0, 0.1) is 13.8 Å². The largest absolute Gasteiger partial charge is 0.369 e. The first kappa shape index (κ1) is 16.2. The summed E-state index contributed by atoms with van der Waals surface area (Å²) in [5.41, 5.74) is 3.37. The lowest BCUT2D eigenvalue weighted by molar-refractivity contribution is -0.121. The molecule has 5 N–H and O–H groups in total. The molecular formula is C13H24N6O. The molecule has 0 aliphatic carbocycles. The summed E-state index contributed by atoms with van der Waals surface area (Å²) >= 11 is 0. The predicted octanol–water partition coefficient (Wildman–Crippen LogP) is 1.10. The van der Waals surface area contributed by atoms with E-state index in [0.717, 1.165) is 12.0 Å². The van der Waals surface area contributed by atoms with Crippen molar-refractivity contribution in [3.05, 3.63) is 11.4 Å². The summed E-state index contributed by atoms with van der Waals surface area (Å²) in [6.45, 7) is 8.21. The minimum Gasteiger partial charge on any atom is -0.369 e. The summed E-state index contributed by atoms with van der Waals surface area (Å²) in [4.78, 5) is 20.1. The summed E-state index contributed by atoms with van der Waals surface area (Å²) < 4.78 is 0. The summed E-state index contributed by atoms with van der Waals surface area (Å²) in [6.07, 6.45) is 1.33. The van der Waals surface area contributed by atoms with Gasteiger partial charge in [0.1, 0.15) is 17.5 Å². The fourth-order valence-corrected chi connectivity index (χ4v) is 1.68. The molecule has 0 fully saturated rings. The van der Waals surface area contributed by atoms with Crippen LogP contribution >= 0.6 is 0 Å². The minimum absolute atomic E-state index is 0.0347. The van der Waals surface area contributed by atoms with E-state index in [9.17, 15) is 4.79 Å². The highest BCUT2D eigenvalue weighted by molar-refractivity contribution is 5.76. The van der Waals surface area contributed by atoms with E-state index < -0.39 is 0 Å². The van der Waals surface area contributed by atoms with Gasteiger partial charge in [-0.1, -0.05) is 6.92 Å². The number of nitrogen functional groups attached to an aromatic ring is 1. The smallest absolute Gasteiger partial charge is 0.221 e. The van der Waals surface area contributed by atoms with Crippen molar-refractivity contribution in [2.45, 2.75) is 46.6 Å². The molecule has 112 valence electrons. The lowest BCUT2D eigenvalue weighted by atomic mass is 10.2. The molecule has 1 aromatic heterocycles. The second kappa shape index (κ2) is 7.64. The molecule has 1 heterocycles. The van der Waals surface area contributed by atoms with Crippen LogP contribution < -0.4 is 21.9 Å². The Hall–Kier alpha value is -1.89. The van der Waals surface area contributed by atoms with Gasteiger partial charge >= 0.3 is 0 Å². The number of nitrogens with two attached hydrogens (primary N) is 1. The molecule has 1 aromatic rings. The molecule has 1 rings (SSSR count). The highest BCUT2D eigenvalue weighted by atomic mass is 16.1. The zero-order valence-corrected chi connectivity index (χ0v) is 12.6. The standard InChI is InChI=1S/C13H24N6O/c1-5-8(2)16-11(20)6-7-15-12-9(3)13(19-14)18-10(4)17-12/h8H,5-7,14H2,1-4H3,(H,16,20)(H2,15,17,18,19). The molecule has 7 nitrogen and oxygen atoms in total. The monoisotopic (exact) mass is 280 g/mol. The molecule has 0 saturated carbocycles. The average Bonchev–Trinajstić information content (AvgIpc) is 2.41. The quantitative estimate of drug-likeness (QED) is 0.440. The molecule has 1 atom stereocenters. The van der Waals surface area contributed by atoms with Crippen LogP contribution in [0.15, 0.2) is 0 Å². The molecule has 1 amide bonds. The number of hydrogen-bond acceptors (Lipinski definition) is 6. The Balaban J connectivity index is 2.54. The van der Waals surface area contributed by atoms with Crippen molar-refractivity contribution in [3.63, 3.8) is 0 Å². The number of rotatable bonds is 7. The molecule has 0 aliphatic rings. The van der Waals surface area contributed by atoms with E-state index in [4.69, 9.17) is 5.84 Å². The van der Waals surface area contributed by atoms with Crippen molar-refractivity contribution >= 4 is 17.5 Å². The lowest BCUT2D eigenvalue weighted by Gasteiger charge is -2.14. The first-order valence-corrected chi connectivity index (χ1v) is 6.83. The SMILES string of the molecule is CCC(C)NC(=O)CCNc1nc(C)nc(NN)c1C. The van der Waals surface area contributed by atoms with Crippen LogP contribution in [-0.4, -0.2) is 28.5 Å². The van der Waals surface area contributed by atoms with Gasteiger partial charge in [-0.3, -0.25) is 4.79 Å². The second-order valence-corrected chi connectivity index (χ2v) is 4.79. The van der Waals surface area contributed by atoms with Crippen molar-refractivity contribution in [1.29, 1.82) is 0 Å². The Morgan fingerprint density at radius 2 is 1.95 bits per heavy atom. The van der Waals surface area contributed by atoms with Crippen LogP contribution in [0.1, 0.15) is 38.1 Å². The average molecular weight is 280 g/mol. The van der Waals surface area contributed by atoms with Gasteiger partial charge in [-0.05, 0) is 27.2 Å². The van der Waals surface area contributed by atoms with E-state index >= 15 is 0 Å². The van der Waals surface area contributed by atoms with E-state index in [-0.39, 0.29) is 11.9 Å². The second-order valence-electron chi connectivity index (χ2n) is 4.79. The number of anilines is 2. The number of hydrazine groups is 1. The maximum atomic E-state index is 11.7. The van der Waals surface area contributed by atoms with Crippen molar-refractivity contribution in [2.75, 3.05) is 17.3 Å². The van der Waals surface area contributed by atoms with Gasteiger partial charge in [-0.25, -0.2) is 15.8 Å². The highest BCUT2D eigenvalue weighted by Gasteiger charge is 2.09. The van der Waals surface area contributed by atoms with Crippen LogP contribution in [0.2, 0.25) is 0 Å². The predicted molar refractivity (Wildman–Crippen MR) is 80.3 cm³/mol. The number of aromatic nitrogens is 2. The molecule has 0 spiro atoms. The molecule has 20 heavy (non-hydrogen) atoms. The number of nitrogens with one attached hydrogen (secondary N) is 3. The molecule has 0 saturated heterocycles. The lowest BCUT2D eigenvalue weighted by Crippen LogP contribution is -2.33. The van der Waals surface area contributed by atoms with Crippen LogP contribution in [-0.2, 0) is 4.79 Å². The van der Waals surface area contributed by atoms with Crippen LogP contribution in [0.5, 0.6) is 0 Å². The van der Waals surface area contributed by atoms with E-state index in [2.05, 4.69) is 26.0 Å². The van der Waals surface area contributed by atoms with Gasteiger partial charge in [0, 0.05) is 24.6 Å². The third-order valence-electron chi connectivity index (χ3n) is 3.06. The fraction of sp³-hybridized carbons (Fsp3) is 0.615. The number of aryl methyl sites for hydroxylation is 1. The van der Waals surface area contributed by atoms with Crippen molar-refractivity contribution < 1.29 is 4.79 Å². The van der Waals surface area contributed by atoms with E-state index in [1.807, 2.05) is 20.8 Å². The summed E-state index contributed by atoms with van der Waals surface area (Å²) in [5, 5.41) is 6.06. The molecule has 1 unspecified atom stereocenters.